The second-order valence-corrected chi connectivity index (χ2v) is 5.35. The van der Waals surface area contributed by atoms with Crippen LogP contribution >= 0.6 is 11.6 Å². The lowest BCUT2D eigenvalue weighted by Gasteiger charge is -2.14. The van der Waals surface area contributed by atoms with Crippen LogP contribution in [0.5, 0.6) is 0 Å². The summed E-state index contributed by atoms with van der Waals surface area (Å²) < 4.78 is 0. The highest BCUT2D eigenvalue weighted by Gasteiger charge is 2.05. The summed E-state index contributed by atoms with van der Waals surface area (Å²) in [5.74, 6) is 0.563. The maximum Gasteiger partial charge on any atom is 0.0455 e. The normalized spacial score (nSPS) is 12.2. The fourth-order valence-electron chi connectivity index (χ4n) is 2.17. The van der Waals surface area contributed by atoms with Crippen molar-refractivity contribution in [3.63, 3.8) is 0 Å². The van der Waals surface area contributed by atoms with Crippen LogP contribution in [0.4, 0.5) is 5.69 Å². The van der Waals surface area contributed by atoms with Gasteiger partial charge in [0.1, 0.15) is 0 Å². The van der Waals surface area contributed by atoms with Crippen molar-refractivity contribution < 1.29 is 0 Å². The molecule has 1 atom stereocenters. The van der Waals surface area contributed by atoms with Crippen LogP contribution < -0.4 is 5.32 Å². The summed E-state index contributed by atoms with van der Waals surface area (Å²) in [4.78, 5) is 0. The Labute approximate surface area is 120 Å². The van der Waals surface area contributed by atoms with Gasteiger partial charge in [0.05, 0.1) is 0 Å². The quantitative estimate of drug-likeness (QED) is 0.784. The third kappa shape index (κ3) is 3.74. The van der Waals surface area contributed by atoms with E-state index in [1.54, 1.807) is 0 Å². The highest BCUT2D eigenvalue weighted by atomic mass is 35.5. The molecular formula is C17H20ClN. The molecule has 0 aliphatic rings. The molecule has 0 spiro atoms. The van der Waals surface area contributed by atoms with Crippen LogP contribution in [-0.2, 0) is 0 Å². The Morgan fingerprint density at radius 1 is 1.05 bits per heavy atom. The van der Waals surface area contributed by atoms with E-state index in [9.17, 15) is 0 Å². The van der Waals surface area contributed by atoms with Crippen molar-refractivity contribution in [3.8, 4) is 0 Å². The zero-order valence-corrected chi connectivity index (χ0v) is 12.2. The smallest absolute Gasteiger partial charge is 0.0455 e. The third-order valence-corrected chi connectivity index (χ3v) is 3.94. The van der Waals surface area contributed by atoms with Gasteiger partial charge in [-0.25, -0.2) is 0 Å². The summed E-state index contributed by atoms with van der Waals surface area (Å²) in [7, 11) is 0. The average Bonchev–Trinajstić information content (AvgIpc) is 2.44. The van der Waals surface area contributed by atoms with E-state index in [1.807, 2.05) is 19.1 Å². The fraction of sp³-hybridized carbons (Fsp3) is 0.294. The summed E-state index contributed by atoms with van der Waals surface area (Å²) in [6.07, 6.45) is 1.11. The highest BCUT2D eigenvalue weighted by Crippen LogP contribution is 2.24. The molecule has 0 fully saturated rings. The first-order valence-corrected chi connectivity index (χ1v) is 7.10. The molecular weight excluding hydrogens is 254 g/mol. The van der Waals surface area contributed by atoms with Gasteiger partial charge >= 0.3 is 0 Å². The maximum absolute atomic E-state index is 6.11. The van der Waals surface area contributed by atoms with E-state index in [4.69, 9.17) is 11.6 Å². The molecule has 0 aliphatic carbocycles. The number of anilines is 1. The molecule has 19 heavy (non-hydrogen) atoms. The predicted octanol–water partition coefficient (Wildman–Crippen LogP) is 5.25. The van der Waals surface area contributed by atoms with Crippen molar-refractivity contribution in [1.29, 1.82) is 0 Å². The van der Waals surface area contributed by atoms with Gasteiger partial charge in [-0.15, -0.1) is 0 Å². The molecule has 0 saturated carbocycles. The molecule has 0 radical (unpaired) electrons. The van der Waals surface area contributed by atoms with Gasteiger partial charge in [-0.3, -0.25) is 0 Å². The Kier molecular flexibility index (Phi) is 4.86. The topological polar surface area (TPSA) is 12.0 Å². The number of nitrogens with one attached hydrogen (secondary N) is 1. The lowest BCUT2D eigenvalue weighted by molar-refractivity contribution is 0.706. The summed E-state index contributed by atoms with van der Waals surface area (Å²) in [5, 5.41) is 4.29. The molecule has 0 amide bonds. The summed E-state index contributed by atoms with van der Waals surface area (Å²) in [6.45, 7) is 5.27. The predicted molar refractivity (Wildman–Crippen MR) is 84.2 cm³/mol. The minimum Gasteiger partial charge on any atom is -0.385 e. The van der Waals surface area contributed by atoms with Crippen molar-refractivity contribution in [2.75, 3.05) is 11.9 Å². The van der Waals surface area contributed by atoms with Crippen molar-refractivity contribution in [1.82, 2.24) is 0 Å². The van der Waals surface area contributed by atoms with Crippen LogP contribution in [0.3, 0.4) is 0 Å². The molecule has 2 aromatic rings. The van der Waals surface area contributed by atoms with Gasteiger partial charge in [0.25, 0.3) is 0 Å². The van der Waals surface area contributed by atoms with Crippen LogP contribution in [0.1, 0.15) is 30.4 Å². The van der Waals surface area contributed by atoms with Crippen molar-refractivity contribution in [3.05, 3.63) is 64.7 Å². The molecule has 2 heteroatoms. The minimum atomic E-state index is 0.563. The number of hydrogen-bond acceptors (Lipinski definition) is 1. The Morgan fingerprint density at radius 3 is 2.53 bits per heavy atom. The molecule has 1 unspecified atom stereocenters. The number of halogens is 1. The van der Waals surface area contributed by atoms with Gasteiger partial charge in [0.15, 0.2) is 0 Å². The minimum absolute atomic E-state index is 0.563. The molecule has 0 aromatic heterocycles. The molecule has 0 bridgehead atoms. The van der Waals surface area contributed by atoms with Gasteiger partial charge in [-0.1, -0.05) is 54.9 Å². The van der Waals surface area contributed by atoms with Gasteiger partial charge < -0.3 is 5.32 Å². The van der Waals surface area contributed by atoms with Gasteiger partial charge in [-0.2, -0.15) is 0 Å². The van der Waals surface area contributed by atoms with Gasteiger partial charge in [0, 0.05) is 17.3 Å². The Balaban J connectivity index is 1.88. The molecule has 1 N–H and O–H groups in total. The molecule has 0 heterocycles. The Bertz CT molecular complexity index is 522. The molecule has 0 aliphatic heterocycles. The number of hydrogen-bond donors (Lipinski definition) is 1. The van der Waals surface area contributed by atoms with Crippen LogP contribution in [-0.4, -0.2) is 6.54 Å². The summed E-state index contributed by atoms with van der Waals surface area (Å²) >= 11 is 6.11. The van der Waals surface area contributed by atoms with E-state index in [0.717, 1.165) is 29.2 Å². The largest absolute Gasteiger partial charge is 0.385 e. The van der Waals surface area contributed by atoms with Crippen LogP contribution in [0, 0.1) is 6.92 Å². The van der Waals surface area contributed by atoms with E-state index < -0.39 is 0 Å². The zero-order valence-electron chi connectivity index (χ0n) is 11.5. The van der Waals surface area contributed by atoms with E-state index in [0.29, 0.717) is 5.92 Å². The monoisotopic (exact) mass is 273 g/mol. The van der Waals surface area contributed by atoms with Crippen molar-refractivity contribution in [2.45, 2.75) is 26.2 Å². The first-order valence-electron chi connectivity index (χ1n) is 6.72. The molecule has 0 saturated heterocycles. The molecule has 2 rings (SSSR count). The summed E-state index contributed by atoms with van der Waals surface area (Å²) in [6, 6.07) is 16.6. The zero-order chi connectivity index (χ0) is 13.7. The number of rotatable bonds is 5. The molecule has 2 aromatic carbocycles. The number of benzene rings is 2. The second-order valence-electron chi connectivity index (χ2n) is 4.94. The van der Waals surface area contributed by atoms with Gasteiger partial charge in [-0.05, 0) is 42.5 Å². The fourth-order valence-corrected chi connectivity index (χ4v) is 2.35. The Morgan fingerprint density at radius 2 is 1.79 bits per heavy atom. The van der Waals surface area contributed by atoms with E-state index in [-0.39, 0.29) is 0 Å². The maximum atomic E-state index is 6.11. The van der Waals surface area contributed by atoms with Crippen LogP contribution in [0.15, 0.2) is 48.5 Å². The van der Waals surface area contributed by atoms with Crippen LogP contribution in [0.2, 0.25) is 5.02 Å². The second kappa shape index (κ2) is 6.63. The van der Waals surface area contributed by atoms with Crippen molar-refractivity contribution in [2.24, 2.45) is 0 Å². The van der Waals surface area contributed by atoms with Crippen LogP contribution in [0.25, 0.3) is 0 Å². The first kappa shape index (κ1) is 14.0. The van der Waals surface area contributed by atoms with E-state index in [2.05, 4.69) is 48.6 Å². The first-order chi connectivity index (χ1) is 9.18. The molecule has 100 valence electrons. The highest BCUT2D eigenvalue weighted by molar-refractivity contribution is 6.31. The lowest BCUT2D eigenvalue weighted by atomic mass is 9.98. The standard InChI is InChI=1S/C17H20ClN/c1-13(15-7-4-3-5-8-15)11-12-19-17-10-6-9-16(18)14(17)2/h3-10,13,19H,11-12H2,1-2H3. The van der Waals surface area contributed by atoms with E-state index in [1.165, 1.54) is 5.56 Å². The SMILES string of the molecule is Cc1c(Cl)cccc1NCCC(C)c1ccccc1. The average molecular weight is 274 g/mol. The summed E-state index contributed by atoms with van der Waals surface area (Å²) in [5.41, 5.74) is 3.65. The van der Waals surface area contributed by atoms with E-state index >= 15 is 0 Å². The Hall–Kier alpha value is -1.47. The third-order valence-electron chi connectivity index (χ3n) is 3.53. The van der Waals surface area contributed by atoms with Gasteiger partial charge in [0.2, 0.25) is 0 Å². The molecule has 1 nitrogen and oxygen atoms in total. The van der Waals surface area contributed by atoms with Crippen molar-refractivity contribution >= 4 is 17.3 Å². The lowest BCUT2D eigenvalue weighted by Crippen LogP contribution is -2.07.